The van der Waals surface area contributed by atoms with E-state index in [-0.39, 0.29) is 16.4 Å². The second-order valence-corrected chi connectivity index (χ2v) is 9.00. The van der Waals surface area contributed by atoms with E-state index in [1.54, 1.807) is 0 Å². The Morgan fingerprint density at radius 2 is 1.79 bits per heavy atom. The molecule has 1 saturated carbocycles. The van der Waals surface area contributed by atoms with Crippen molar-refractivity contribution in [2.24, 2.45) is 16.8 Å². The number of hydrogen-bond donors (Lipinski definition) is 2. The molecule has 4 rings (SSSR count). The first kappa shape index (κ1) is 19.6. The molecule has 2 aromatic carbocycles. The fraction of sp³-hybridized carbons (Fsp3) is 0.333. The molecule has 29 heavy (non-hydrogen) atoms. The van der Waals surface area contributed by atoms with Crippen molar-refractivity contribution in [3.05, 3.63) is 70.5 Å². The van der Waals surface area contributed by atoms with Crippen LogP contribution < -0.4 is 11.2 Å². The number of nitrogens with two attached hydrogens (primary N) is 1. The van der Waals surface area contributed by atoms with Crippen molar-refractivity contribution < 1.29 is 4.42 Å². The van der Waals surface area contributed by atoms with Gasteiger partial charge in [0, 0.05) is 11.3 Å². The van der Waals surface area contributed by atoms with Gasteiger partial charge in [-0.15, -0.1) is 0 Å². The molecule has 3 aromatic rings. The minimum atomic E-state index is 0.128. The summed E-state index contributed by atoms with van der Waals surface area (Å²) in [5.41, 5.74) is 15.8. The molecule has 0 aliphatic heterocycles. The van der Waals surface area contributed by atoms with Crippen LogP contribution in [-0.2, 0) is 5.41 Å². The molecule has 150 valence electrons. The number of benzene rings is 2. The van der Waals surface area contributed by atoms with Crippen LogP contribution in [0.3, 0.4) is 0 Å². The second kappa shape index (κ2) is 7.30. The van der Waals surface area contributed by atoms with Crippen molar-refractivity contribution in [1.29, 1.82) is 0 Å². The smallest absolute Gasteiger partial charge is 0.184 e. The number of rotatable bonds is 4. The largest absolute Gasteiger partial charge is 0.455 e. The van der Waals surface area contributed by atoms with Gasteiger partial charge in [-0.3, -0.25) is 5.43 Å². The van der Waals surface area contributed by atoms with Crippen LogP contribution in [0.1, 0.15) is 47.8 Å². The monoisotopic (exact) mass is 405 g/mol. The van der Waals surface area contributed by atoms with Crippen LogP contribution >= 0.6 is 12.2 Å². The van der Waals surface area contributed by atoms with E-state index >= 15 is 0 Å². The summed E-state index contributed by atoms with van der Waals surface area (Å²) in [5, 5.41) is 5.76. The topological polar surface area (TPSA) is 63.5 Å². The Labute approximate surface area is 177 Å². The highest BCUT2D eigenvalue weighted by Gasteiger charge is 2.46. The summed E-state index contributed by atoms with van der Waals surface area (Å²) < 4.78 is 6.10. The zero-order valence-corrected chi connectivity index (χ0v) is 18.2. The molecule has 0 atom stereocenters. The van der Waals surface area contributed by atoms with Crippen molar-refractivity contribution in [3.63, 3.8) is 0 Å². The van der Waals surface area contributed by atoms with Crippen molar-refractivity contribution in [1.82, 2.24) is 5.43 Å². The average molecular weight is 406 g/mol. The zero-order valence-electron chi connectivity index (χ0n) is 17.4. The summed E-state index contributed by atoms with van der Waals surface area (Å²) in [6.07, 6.45) is 2.01. The molecule has 0 radical (unpaired) electrons. The maximum absolute atomic E-state index is 6.10. The third-order valence-corrected chi connectivity index (χ3v) is 6.12. The minimum absolute atomic E-state index is 0.128. The van der Waals surface area contributed by atoms with E-state index in [1.807, 2.05) is 30.3 Å². The van der Waals surface area contributed by atoms with Crippen LogP contribution in [0, 0.1) is 26.7 Å². The summed E-state index contributed by atoms with van der Waals surface area (Å²) in [6, 6.07) is 14.6. The van der Waals surface area contributed by atoms with E-state index in [2.05, 4.69) is 50.4 Å². The minimum Gasteiger partial charge on any atom is -0.455 e. The van der Waals surface area contributed by atoms with Crippen LogP contribution in [-0.4, -0.2) is 10.8 Å². The lowest BCUT2D eigenvalue weighted by atomic mass is 9.57. The molecule has 0 spiro atoms. The molecule has 4 nitrogen and oxygen atoms in total. The number of nitrogens with one attached hydrogen (secondary N) is 1. The molecule has 0 unspecified atom stereocenters. The Hall–Kier alpha value is -2.66. The highest BCUT2D eigenvalue weighted by molar-refractivity contribution is 7.80. The van der Waals surface area contributed by atoms with Gasteiger partial charge in [-0.05, 0) is 80.1 Å². The molecule has 1 aromatic heterocycles. The first-order valence-electron chi connectivity index (χ1n) is 9.97. The van der Waals surface area contributed by atoms with Crippen LogP contribution in [0.25, 0.3) is 11.0 Å². The molecule has 0 saturated heterocycles. The number of aryl methyl sites for hydroxylation is 3. The predicted octanol–water partition coefficient (Wildman–Crippen LogP) is 5.26. The van der Waals surface area contributed by atoms with E-state index < -0.39 is 0 Å². The second-order valence-electron chi connectivity index (χ2n) is 8.56. The van der Waals surface area contributed by atoms with Gasteiger partial charge < -0.3 is 10.2 Å². The molecule has 1 aliphatic rings. The normalized spacial score (nSPS) is 21.8. The molecular formula is C24H27N3OS. The molecule has 1 fully saturated rings. The average Bonchev–Trinajstić information content (AvgIpc) is 3.03. The Bertz CT molecular complexity index is 1070. The molecule has 3 N–H and O–H groups in total. The molecule has 0 amide bonds. The van der Waals surface area contributed by atoms with Crippen LogP contribution in [0.15, 0.2) is 52.0 Å². The summed E-state index contributed by atoms with van der Waals surface area (Å²) in [7, 11) is 0. The Morgan fingerprint density at radius 1 is 1.14 bits per heavy atom. The third-order valence-electron chi connectivity index (χ3n) is 6.03. The van der Waals surface area contributed by atoms with Crippen molar-refractivity contribution in [3.8, 4) is 0 Å². The Morgan fingerprint density at radius 3 is 2.41 bits per heavy atom. The van der Waals surface area contributed by atoms with E-state index in [0.717, 1.165) is 35.3 Å². The molecule has 5 heteroatoms. The van der Waals surface area contributed by atoms with Gasteiger partial charge in [0.05, 0.1) is 0 Å². The van der Waals surface area contributed by atoms with E-state index in [1.165, 1.54) is 22.3 Å². The fourth-order valence-corrected chi connectivity index (χ4v) is 5.17. The van der Waals surface area contributed by atoms with E-state index in [9.17, 15) is 0 Å². The lowest BCUT2D eigenvalue weighted by Gasteiger charge is -2.47. The van der Waals surface area contributed by atoms with E-state index in [4.69, 9.17) is 22.4 Å². The molecular weight excluding hydrogens is 378 g/mol. The summed E-state index contributed by atoms with van der Waals surface area (Å²) in [4.78, 5) is 0. The molecule has 1 aliphatic carbocycles. The number of hydrogen-bond acceptors (Lipinski definition) is 3. The Balaban J connectivity index is 1.66. The summed E-state index contributed by atoms with van der Waals surface area (Å²) in [6.45, 7) is 8.95. The van der Waals surface area contributed by atoms with Gasteiger partial charge in [-0.1, -0.05) is 42.8 Å². The van der Waals surface area contributed by atoms with Gasteiger partial charge in [0.15, 0.2) is 10.9 Å². The van der Waals surface area contributed by atoms with Crippen molar-refractivity contribution >= 4 is 34.0 Å². The number of para-hydroxylation sites is 1. The highest BCUT2D eigenvalue weighted by atomic mass is 32.1. The standard InChI is InChI=1S/C24H27N3OS/c1-14-9-15(2)21(16(3)10-14)24(4)12-18(13-24)22(26-27-23(25)29)20-11-17-7-5-6-8-19(17)28-20/h5-11,18H,12-13H2,1-4H3,(H3,25,27,29)/b26-22+. The maximum Gasteiger partial charge on any atom is 0.184 e. The van der Waals surface area contributed by atoms with Gasteiger partial charge in [-0.25, -0.2) is 0 Å². The van der Waals surface area contributed by atoms with Gasteiger partial charge in [0.25, 0.3) is 0 Å². The number of thiocarbonyl (C=S) groups is 1. The lowest BCUT2D eigenvalue weighted by Crippen LogP contribution is -2.44. The van der Waals surface area contributed by atoms with Gasteiger partial charge >= 0.3 is 0 Å². The number of hydrazone groups is 1. The fourth-order valence-electron chi connectivity index (χ4n) is 5.13. The van der Waals surface area contributed by atoms with Gasteiger partial charge in [0.1, 0.15) is 11.3 Å². The third kappa shape index (κ3) is 3.67. The Kier molecular flexibility index (Phi) is 4.95. The lowest BCUT2D eigenvalue weighted by molar-refractivity contribution is 0.214. The number of furan rings is 1. The first-order chi connectivity index (χ1) is 13.8. The first-order valence-corrected chi connectivity index (χ1v) is 10.4. The number of nitrogens with zero attached hydrogens (tertiary/aromatic N) is 1. The SMILES string of the molecule is Cc1cc(C)c(C2(C)CC(/C(=N\NC(N)=S)c3cc4ccccc4o3)C2)c(C)c1. The summed E-state index contributed by atoms with van der Waals surface area (Å²) >= 11 is 4.97. The van der Waals surface area contributed by atoms with Gasteiger partial charge in [-0.2, -0.15) is 5.10 Å². The predicted molar refractivity (Wildman–Crippen MR) is 123 cm³/mol. The quantitative estimate of drug-likeness (QED) is 0.353. The van der Waals surface area contributed by atoms with Gasteiger partial charge in [0.2, 0.25) is 0 Å². The van der Waals surface area contributed by atoms with Crippen LogP contribution in [0.5, 0.6) is 0 Å². The van der Waals surface area contributed by atoms with Crippen molar-refractivity contribution in [2.75, 3.05) is 0 Å². The summed E-state index contributed by atoms with van der Waals surface area (Å²) in [5.74, 6) is 1.06. The van der Waals surface area contributed by atoms with Crippen molar-refractivity contribution in [2.45, 2.75) is 46.0 Å². The molecule has 0 bridgehead atoms. The van der Waals surface area contributed by atoms with Crippen LogP contribution in [0.2, 0.25) is 0 Å². The zero-order chi connectivity index (χ0) is 20.8. The highest BCUT2D eigenvalue weighted by Crippen LogP contribution is 2.51. The number of fused-ring (bicyclic) bond motifs is 1. The maximum atomic E-state index is 6.10. The molecule has 1 heterocycles. The van der Waals surface area contributed by atoms with E-state index in [0.29, 0.717) is 0 Å². The van der Waals surface area contributed by atoms with Crippen LogP contribution in [0.4, 0.5) is 0 Å².